The van der Waals surface area contributed by atoms with Crippen molar-refractivity contribution in [2.24, 2.45) is 0 Å². The molecule has 0 aliphatic heterocycles. The van der Waals surface area contributed by atoms with Gasteiger partial charge in [0.2, 0.25) is 0 Å². The monoisotopic (exact) mass is 327 g/mol. The van der Waals surface area contributed by atoms with E-state index in [0.29, 0.717) is 17.7 Å². The molecule has 6 heteroatoms. The first kappa shape index (κ1) is 17.6. The zero-order valence-corrected chi connectivity index (χ0v) is 14.1. The van der Waals surface area contributed by atoms with Crippen molar-refractivity contribution >= 4 is 11.6 Å². The van der Waals surface area contributed by atoms with Gasteiger partial charge in [0.15, 0.2) is 0 Å². The molecule has 0 fully saturated rings. The van der Waals surface area contributed by atoms with Crippen LogP contribution in [0.2, 0.25) is 0 Å². The van der Waals surface area contributed by atoms with Crippen LogP contribution in [0.4, 0.5) is 5.69 Å². The van der Waals surface area contributed by atoms with Crippen LogP contribution >= 0.6 is 0 Å². The molecule has 1 amide bonds. The van der Waals surface area contributed by atoms with E-state index in [1.54, 1.807) is 13.0 Å². The molecular weight excluding hydrogens is 306 g/mol. The maximum atomic E-state index is 12.3. The van der Waals surface area contributed by atoms with E-state index < -0.39 is 4.92 Å². The maximum Gasteiger partial charge on any atom is 0.272 e. The minimum atomic E-state index is -0.450. The largest absolute Gasteiger partial charge is 0.348 e. The Morgan fingerprint density at radius 1 is 1.17 bits per heavy atom. The molecule has 0 spiro atoms. The summed E-state index contributed by atoms with van der Waals surface area (Å²) in [5, 5.41) is 13.7. The minimum Gasteiger partial charge on any atom is -0.348 e. The quantitative estimate of drug-likeness (QED) is 0.654. The van der Waals surface area contributed by atoms with Gasteiger partial charge in [-0.2, -0.15) is 0 Å². The smallest absolute Gasteiger partial charge is 0.272 e. The van der Waals surface area contributed by atoms with Crippen molar-refractivity contribution in [1.82, 2.24) is 10.2 Å². The SMILES string of the molecule is Cc1cc(C(=O)NCc2ccccc2CN(C)C)ccc1[N+](=O)[O-]. The second-order valence-electron chi connectivity index (χ2n) is 5.95. The van der Waals surface area contributed by atoms with Crippen molar-refractivity contribution in [3.8, 4) is 0 Å². The van der Waals surface area contributed by atoms with Crippen molar-refractivity contribution < 1.29 is 9.72 Å². The lowest BCUT2D eigenvalue weighted by molar-refractivity contribution is -0.385. The number of amides is 1. The van der Waals surface area contributed by atoms with Crippen LogP contribution in [0.5, 0.6) is 0 Å². The fourth-order valence-corrected chi connectivity index (χ4v) is 2.50. The Hall–Kier alpha value is -2.73. The number of rotatable bonds is 6. The summed E-state index contributed by atoms with van der Waals surface area (Å²) < 4.78 is 0. The number of nitrogens with one attached hydrogen (secondary N) is 1. The number of hydrogen-bond donors (Lipinski definition) is 1. The molecule has 2 aromatic rings. The fraction of sp³-hybridized carbons (Fsp3) is 0.278. The second-order valence-corrected chi connectivity index (χ2v) is 5.95. The summed E-state index contributed by atoms with van der Waals surface area (Å²) in [6, 6.07) is 12.3. The molecule has 2 rings (SSSR count). The standard InChI is InChI=1S/C18H21N3O3/c1-13-10-14(8-9-17(13)21(23)24)18(22)19-11-15-6-4-5-7-16(15)12-20(2)3/h4-10H,11-12H2,1-3H3,(H,19,22). The molecule has 1 N–H and O–H groups in total. The lowest BCUT2D eigenvalue weighted by Crippen LogP contribution is -2.24. The third-order valence-electron chi connectivity index (χ3n) is 3.70. The molecule has 0 bridgehead atoms. The maximum absolute atomic E-state index is 12.3. The summed E-state index contributed by atoms with van der Waals surface area (Å²) in [4.78, 5) is 24.8. The van der Waals surface area contributed by atoms with Gasteiger partial charge >= 0.3 is 0 Å². The summed E-state index contributed by atoms with van der Waals surface area (Å²) >= 11 is 0. The molecule has 0 aliphatic carbocycles. The molecule has 0 aliphatic rings. The van der Waals surface area contributed by atoms with Gasteiger partial charge in [-0.1, -0.05) is 24.3 Å². The summed E-state index contributed by atoms with van der Waals surface area (Å²) in [7, 11) is 3.99. The molecule has 0 saturated heterocycles. The van der Waals surface area contributed by atoms with Gasteiger partial charge in [0.05, 0.1) is 4.92 Å². The Bertz CT molecular complexity index is 757. The molecule has 0 heterocycles. The number of carbonyl (C=O) groups is 1. The Kier molecular flexibility index (Phi) is 5.65. The summed E-state index contributed by atoms with van der Waals surface area (Å²) in [5.41, 5.74) is 3.12. The van der Waals surface area contributed by atoms with Crippen LogP contribution in [0.3, 0.4) is 0 Å². The molecular formula is C18H21N3O3. The van der Waals surface area contributed by atoms with Gasteiger partial charge in [-0.3, -0.25) is 14.9 Å². The highest BCUT2D eigenvalue weighted by molar-refractivity contribution is 5.94. The zero-order chi connectivity index (χ0) is 17.7. The topological polar surface area (TPSA) is 75.5 Å². The predicted molar refractivity (Wildman–Crippen MR) is 92.8 cm³/mol. The molecule has 0 saturated carbocycles. The average molecular weight is 327 g/mol. The van der Waals surface area contributed by atoms with Crippen molar-refractivity contribution in [3.05, 3.63) is 74.8 Å². The van der Waals surface area contributed by atoms with Gasteiger partial charge in [0.1, 0.15) is 0 Å². The lowest BCUT2D eigenvalue weighted by Gasteiger charge is -2.14. The van der Waals surface area contributed by atoms with Gasteiger partial charge in [-0.15, -0.1) is 0 Å². The summed E-state index contributed by atoms with van der Waals surface area (Å²) in [5.74, 6) is -0.243. The number of carbonyl (C=O) groups excluding carboxylic acids is 1. The fourth-order valence-electron chi connectivity index (χ4n) is 2.50. The van der Waals surface area contributed by atoms with Crippen molar-refractivity contribution in [3.63, 3.8) is 0 Å². The first-order valence-corrected chi connectivity index (χ1v) is 7.63. The zero-order valence-electron chi connectivity index (χ0n) is 14.1. The van der Waals surface area contributed by atoms with Gasteiger partial charge in [0, 0.05) is 30.3 Å². The number of aryl methyl sites for hydroxylation is 1. The summed E-state index contributed by atoms with van der Waals surface area (Å²) in [6.07, 6.45) is 0. The van der Waals surface area contributed by atoms with E-state index in [4.69, 9.17) is 0 Å². The number of nitro groups is 1. The van der Waals surface area contributed by atoms with E-state index in [0.717, 1.165) is 17.7 Å². The predicted octanol–water partition coefficient (Wildman–Crippen LogP) is 2.89. The minimum absolute atomic E-state index is 0.0166. The molecule has 6 nitrogen and oxygen atoms in total. The highest BCUT2D eigenvalue weighted by Gasteiger charge is 2.14. The van der Waals surface area contributed by atoms with E-state index in [-0.39, 0.29) is 11.6 Å². The second kappa shape index (κ2) is 7.70. The van der Waals surface area contributed by atoms with E-state index in [1.165, 1.54) is 12.1 Å². The first-order chi connectivity index (χ1) is 11.4. The highest BCUT2D eigenvalue weighted by atomic mass is 16.6. The van der Waals surface area contributed by atoms with Crippen molar-refractivity contribution in [2.75, 3.05) is 14.1 Å². The van der Waals surface area contributed by atoms with E-state index in [9.17, 15) is 14.9 Å². The van der Waals surface area contributed by atoms with Crippen LogP contribution in [0, 0.1) is 17.0 Å². The van der Waals surface area contributed by atoms with E-state index in [1.807, 2.05) is 38.4 Å². The number of hydrogen-bond acceptors (Lipinski definition) is 4. The Labute approximate surface area is 141 Å². The van der Waals surface area contributed by atoms with Crippen LogP contribution < -0.4 is 5.32 Å². The molecule has 126 valence electrons. The number of benzene rings is 2. The molecule has 0 radical (unpaired) electrons. The molecule has 0 unspecified atom stereocenters. The first-order valence-electron chi connectivity index (χ1n) is 7.63. The molecule has 2 aromatic carbocycles. The third kappa shape index (κ3) is 4.39. The van der Waals surface area contributed by atoms with E-state index >= 15 is 0 Å². The van der Waals surface area contributed by atoms with Crippen LogP contribution in [-0.2, 0) is 13.1 Å². The summed E-state index contributed by atoms with van der Waals surface area (Å²) in [6.45, 7) is 2.84. The van der Waals surface area contributed by atoms with Gasteiger partial charge in [-0.05, 0) is 44.3 Å². The van der Waals surface area contributed by atoms with Crippen molar-refractivity contribution in [1.29, 1.82) is 0 Å². The highest BCUT2D eigenvalue weighted by Crippen LogP contribution is 2.19. The van der Waals surface area contributed by atoms with Gasteiger partial charge < -0.3 is 10.2 Å². The van der Waals surface area contributed by atoms with E-state index in [2.05, 4.69) is 10.2 Å². The normalized spacial score (nSPS) is 10.7. The Morgan fingerprint density at radius 3 is 2.42 bits per heavy atom. The van der Waals surface area contributed by atoms with Crippen molar-refractivity contribution in [2.45, 2.75) is 20.0 Å². The van der Waals surface area contributed by atoms with Crippen LogP contribution in [0.25, 0.3) is 0 Å². The Morgan fingerprint density at radius 2 is 1.83 bits per heavy atom. The average Bonchev–Trinajstić information content (AvgIpc) is 2.52. The Balaban J connectivity index is 2.09. The number of nitrogens with zero attached hydrogens (tertiary/aromatic N) is 2. The third-order valence-corrected chi connectivity index (χ3v) is 3.70. The molecule has 0 aromatic heterocycles. The van der Waals surface area contributed by atoms with Crippen LogP contribution in [0.1, 0.15) is 27.0 Å². The van der Waals surface area contributed by atoms with Crippen LogP contribution in [0.15, 0.2) is 42.5 Å². The van der Waals surface area contributed by atoms with Gasteiger partial charge in [0.25, 0.3) is 11.6 Å². The van der Waals surface area contributed by atoms with Gasteiger partial charge in [-0.25, -0.2) is 0 Å². The molecule has 24 heavy (non-hydrogen) atoms. The molecule has 0 atom stereocenters. The number of nitro benzene ring substituents is 1. The lowest BCUT2D eigenvalue weighted by atomic mass is 10.1. The van der Waals surface area contributed by atoms with Crippen LogP contribution in [-0.4, -0.2) is 29.8 Å².